The molecular formula is C24H24ClN3O4S. The predicted molar refractivity (Wildman–Crippen MR) is 132 cm³/mol. The van der Waals surface area contributed by atoms with Crippen molar-refractivity contribution in [2.75, 3.05) is 12.4 Å². The van der Waals surface area contributed by atoms with E-state index in [1.807, 2.05) is 36.4 Å². The molecule has 0 radical (unpaired) electrons. The van der Waals surface area contributed by atoms with Crippen LogP contribution in [0.4, 0.5) is 5.69 Å². The number of nitrogens with one attached hydrogen (secondary N) is 2. The highest BCUT2D eigenvalue weighted by atomic mass is 35.5. The molecule has 2 N–H and O–H groups in total. The molecule has 1 aromatic heterocycles. The number of halogens is 1. The SMILES string of the molecule is CCn1c2ccccc2c2cc(NC(=O)[C@@H](C)NS(=O)(=O)c3ccc(OC)c(Cl)c3)ccc21. The van der Waals surface area contributed by atoms with E-state index in [0.29, 0.717) is 11.4 Å². The van der Waals surface area contributed by atoms with Gasteiger partial charge < -0.3 is 14.6 Å². The van der Waals surface area contributed by atoms with Crippen LogP contribution >= 0.6 is 11.6 Å². The third-order valence-electron chi connectivity index (χ3n) is 5.51. The summed E-state index contributed by atoms with van der Waals surface area (Å²) in [5, 5.41) is 5.09. The number of ether oxygens (including phenoxy) is 1. The molecule has 1 amide bonds. The van der Waals surface area contributed by atoms with Crippen LogP contribution in [0.2, 0.25) is 5.02 Å². The summed E-state index contributed by atoms with van der Waals surface area (Å²) in [6, 6.07) is 16.9. The minimum atomic E-state index is -3.96. The van der Waals surface area contributed by atoms with Gasteiger partial charge in [-0.3, -0.25) is 4.79 Å². The van der Waals surface area contributed by atoms with E-state index in [1.165, 1.54) is 32.2 Å². The van der Waals surface area contributed by atoms with Crippen molar-refractivity contribution in [3.8, 4) is 5.75 Å². The number of amides is 1. The van der Waals surface area contributed by atoms with E-state index in [9.17, 15) is 13.2 Å². The summed E-state index contributed by atoms with van der Waals surface area (Å²) < 4.78 is 35.1. The maximum absolute atomic E-state index is 12.8. The number of aryl methyl sites for hydroxylation is 1. The van der Waals surface area contributed by atoms with Crippen molar-refractivity contribution in [2.45, 2.75) is 31.3 Å². The molecule has 33 heavy (non-hydrogen) atoms. The number of nitrogens with zero attached hydrogens (tertiary/aromatic N) is 1. The second kappa shape index (κ2) is 9.05. The molecule has 3 aromatic carbocycles. The molecule has 7 nitrogen and oxygen atoms in total. The van der Waals surface area contributed by atoms with Crippen LogP contribution in [-0.2, 0) is 21.4 Å². The van der Waals surface area contributed by atoms with Crippen LogP contribution in [0.3, 0.4) is 0 Å². The van der Waals surface area contributed by atoms with Crippen LogP contribution in [0, 0.1) is 0 Å². The van der Waals surface area contributed by atoms with Gasteiger partial charge in [0.15, 0.2) is 0 Å². The monoisotopic (exact) mass is 485 g/mol. The van der Waals surface area contributed by atoms with E-state index in [4.69, 9.17) is 16.3 Å². The number of aromatic nitrogens is 1. The molecule has 1 heterocycles. The van der Waals surface area contributed by atoms with Gasteiger partial charge in [-0.15, -0.1) is 0 Å². The number of hydrogen-bond acceptors (Lipinski definition) is 4. The Kier molecular flexibility index (Phi) is 6.34. The lowest BCUT2D eigenvalue weighted by Gasteiger charge is -2.15. The Labute approximate surface area is 197 Å². The lowest BCUT2D eigenvalue weighted by atomic mass is 10.1. The van der Waals surface area contributed by atoms with Crippen LogP contribution in [0.5, 0.6) is 5.75 Å². The van der Waals surface area contributed by atoms with Gasteiger partial charge in [-0.2, -0.15) is 4.72 Å². The van der Waals surface area contributed by atoms with Crippen molar-refractivity contribution in [2.24, 2.45) is 0 Å². The van der Waals surface area contributed by atoms with Gasteiger partial charge in [0, 0.05) is 34.0 Å². The Balaban J connectivity index is 1.55. The number of para-hydroxylation sites is 1. The molecular weight excluding hydrogens is 462 g/mol. The number of methoxy groups -OCH3 is 1. The Hall–Kier alpha value is -3.07. The van der Waals surface area contributed by atoms with Crippen molar-refractivity contribution in [3.63, 3.8) is 0 Å². The maximum atomic E-state index is 12.8. The van der Waals surface area contributed by atoms with Crippen molar-refractivity contribution in [1.82, 2.24) is 9.29 Å². The van der Waals surface area contributed by atoms with Gasteiger partial charge in [-0.05, 0) is 56.3 Å². The smallest absolute Gasteiger partial charge is 0.242 e. The van der Waals surface area contributed by atoms with Gasteiger partial charge in [-0.1, -0.05) is 29.8 Å². The molecule has 0 fully saturated rings. The summed E-state index contributed by atoms with van der Waals surface area (Å²) >= 11 is 6.05. The first-order chi connectivity index (χ1) is 15.7. The molecule has 0 aliphatic carbocycles. The first-order valence-corrected chi connectivity index (χ1v) is 12.3. The number of sulfonamides is 1. The largest absolute Gasteiger partial charge is 0.495 e. The predicted octanol–water partition coefficient (Wildman–Crippen LogP) is 4.78. The molecule has 0 aliphatic heterocycles. The number of fused-ring (bicyclic) bond motifs is 3. The summed E-state index contributed by atoms with van der Waals surface area (Å²) in [5.41, 5.74) is 2.78. The Morgan fingerprint density at radius 3 is 2.48 bits per heavy atom. The highest BCUT2D eigenvalue weighted by Gasteiger charge is 2.23. The second-order valence-corrected chi connectivity index (χ2v) is 9.74. The van der Waals surface area contributed by atoms with Gasteiger partial charge in [-0.25, -0.2) is 8.42 Å². The fourth-order valence-electron chi connectivity index (χ4n) is 3.89. The maximum Gasteiger partial charge on any atom is 0.242 e. The second-order valence-electron chi connectivity index (χ2n) is 7.62. The molecule has 1 atom stereocenters. The number of hydrogen-bond donors (Lipinski definition) is 2. The molecule has 0 aliphatic rings. The minimum Gasteiger partial charge on any atom is -0.495 e. The van der Waals surface area contributed by atoms with Crippen molar-refractivity contribution >= 4 is 55.0 Å². The zero-order valence-corrected chi connectivity index (χ0v) is 20.0. The molecule has 4 rings (SSSR count). The highest BCUT2D eigenvalue weighted by Crippen LogP contribution is 2.31. The van der Waals surface area contributed by atoms with Crippen LogP contribution in [0.15, 0.2) is 65.6 Å². The van der Waals surface area contributed by atoms with E-state index in [2.05, 4.69) is 27.6 Å². The third-order valence-corrected chi connectivity index (χ3v) is 7.35. The van der Waals surface area contributed by atoms with Crippen molar-refractivity contribution in [1.29, 1.82) is 0 Å². The molecule has 0 saturated heterocycles. The van der Waals surface area contributed by atoms with Crippen LogP contribution in [-0.4, -0.2) is 32.0 Å². The molecule has 0 saturated carbocycles. The molecule has 172 valence electrons. The molecule has 4 aromatic rings. The molecule has 0 bridgehead atoms. The van der Waals surface area contributed by atoms with Gasteiger partial charge in [0.05, 0.1) is 23.1 Å². The Morgan fingerprint density at radius 2 is 1.79 bits per heavy atom. The minimum absolute atomic E-state index is 0.0539. The molecule has 0 spiro atoms. The van der Waals surface area contributed by atoms with Gasteiger partial charge >= 0.3 is 0 Å². The van der Waals surface area contributed by atoms with Gasteiger partial charge in [0.2, 0.25) is 15.9 Å². The number of carbonyl (C=O) groups excluding carboxylic acids is 1. The summed E-state index contributed by atoms with van der Waals surface area (Å²) in [7, 11) is -2.52. The number of anilines is 1. The molecule has 0 unspecified atom stereocenters. The standard InChI is InChI=1S/C24H24ClN3O4S/c1-4-28-21-8-6-5-7-18(21)19-13-16(9-11-22(19)28)26-24(29)15(2)27-33(30,31)17-10-12-23(32-3)20(25)14-17/h5-15,27H,4H2,1-3H3,(H,26,29)/t15-/m1/s1. The van der Waals surface area contributed by atoms with Crippen molar-refractivity contribution in [3.05, 3.63) is 65.7 Å². The first-order valence-electron chi connectivity index (χ1n) is 10.4. The van der Waals surface area contributed by atoms with Crippen LogP contribution in [0.25, 0.3) is 21.8 Å². The average molecular weight is 486 g/mol. The first kappa shape index (κ1) is 23.1. The molecule has 9 heteroatoms. The fraction of sp³-hybridized carbons (Fsp3) is 0.208. The summed E-state index contributed by atoms with van der Waals surface area (Å²) in [5.74, 6) is -0.113. The van der Waals surface area contributed by atoms with Gasteiger partial charge in [0.1, 0.15) is 5.75 Å². The average Bonchev–Trinajstić information content (AvgIpc) is 3.11. The lowest BCUT2D eigenvalue weighted by molar-refractivity contribution is -0.117. The van der Waals surface area contributed by atoms with Crippen molar-refractivity contribution < 1.29 is 17.9 Å². The van der Waals surface area contributed by atoms with Gasteiger partial charge in [0.25, 0.3) is 0 Å². The van der Waals surface area contributed by atoms with Crippen LogP contribution in [0.1, 0.15) is 13.8 Å². The zero-order valence-electron chi connectivity index (χ0n) is 18.4. The number of rotatable bonds is 7. The van der Waals surface area contributed by atoms with E-state index >= 15 is 0 Å². The van der Waals surface area contributed by atoms with E-state index in [-0.39, 0.29) is 9.92 Å². The summed E-state index contributed by atoms with van der Waals surface area (Å²) in [4.78, 5) is 12.7. The van der Waals surface area contributed by atoms with Crippen LogP contribution < -0.4 is 14.8 Å². The highest BCUT2D eigenvalue weighted by molar-refractivity contribution is 7.89. The third kappa shape index (κ3) is 4.42. The summed E-state index contributed by atoms with van der Waals surface area (Å²) in [6.07, 6.45) is 0. The number of benzene rings is 3. The zero-order chi connectivity index (χ0) is 23.8. The summed E-state index contributed by atoms with van der Waals surface area (Å²) in [6.45, 7) is 4.40. The van der Waals surface area contributed by atoms with E-state index in [0.717, 1.165) is 28.4 Å². The lowest BCUT2D eigenvalue weighted by Crippen LogP contribution is -2.41. The fourth-order valence-corrected chi connectivity index (χ4v) is 5.44. The number of carbonyl (C=O) groups is 1. The Bertz CT molecular complexity index is 1460. The Morgan fingerprint density at radius 1 is 1.06 bits per heavy atom. The van der Waals surface area contributed by atoms with E-state index in [1.54, 1.807) is 0 Å². The normalized spacial score (nSPS) is 12.7. The van der Waals surface area contributed by atoms with E-state index < -0.39 is 22.0 Å². The topological polar surface area (TPSA) is 89.4 Å². The quantitative estimate of drug-likeness (QED) is 0.394.